The van der Waals surface area contributed by atoms with Crippen molar-refractivity contribution in [3.05, 3.63) is 39.7 Å². The zero-order valence-electron chi connectivity index (χ0n) is 12.5. The zero-order chi connectivity index (χ0) is 15.4. The van der Waals surface area contributed by atoms with Crippen LogP contribution < -0.4 is 5.32 Å². The molecule has 1 aromatic rings. The minimum atomic E-state index is -0.443. The number of nitrogens with one attached hydrogen (secondary N) is 1. The van der Waals surface area contributed by atoms with Gasteiger partial charge in [0, 0.05) is 30.3 Å². The van der Waals surface area contributed by atoms with Gasteiger partial charge in [0.05, 0.1) is 4.92 Å². The largest absolute Gasteiger partial charge is 0.312 e. The van der Waals surface area contributed by atoms with E-state index in [2.05, 4.69) is 24.1 Å². The molecule has 1 saturated heterocycles. The Morgan fingerprint density at radius 3 is 2.67 bits per heavy atom. The van der Waals surface area contributed by atoms with Crippen molar-refractivity contribution < 1.29 is 9.31 Å². The van der Waals surface area contributed by atoms with E-state index in [1.54, 1.807) is 0 Å². The fourth-order valence-electron chi connectivity index (χ4n) is 2.83. The molecule has 0 radical (unpaired) electrons. The lowest BCUT2D eigenvalue weighted by atomic mass is 10.0. The molecule has 0 bridgehead atoms. The molecule has 0 atom stereocenters. The molecule has 0 aromatic heterocycles. The lowest BCUT2D eigenvalue weighted by molar-refractivity contribution is -0.385. The molecule has 2 rings (SSSR count). The number of nitrogens with zero attached hydrogens (tertiary/aromatic N) is 2. The molecule has 5 nitrogen and oxygen atoms in total. The lowest BCUT2D eigenvalue weighted by Crippen LogP contribution is -2.44. The monoisotopic (exact) mass is 295 g/mol. The number of likely N-dealkylation sites (tertiary alicyclic amines) is 1. The van der Waals surface area contributed by atoms with Crippen molar-refractivity contribution in [1.82, 2.24) is 10.2 Å². The van der Waals surface area contributed by atoms with Crippen LogP contribution in [0.4, 0.5) is 10.1 Å². The summed E-state index contributed by atoms with van der Waals surface area (Å²) in [4.78, 5) is 12.7. The van der Waals surface area contributed by atoms with E-state index in [9.17, 15) is 14.5 Å². The zero-order valence-corrected chi connectivity index (χ0v) is 12.5. The third-order valence-electron chi connectivity index (χ3n) is 3.79. The summed E-state index contributed by atoms with van der Waals surface area (Å²) < 4.78 is 13.3. The summed E-state index contributed by atoms with van der Waals surface area (Å²) in [5.41, 5.74) is 0.453. The van der Waals surface area contributed by atoms with Crippen LogP contribution in [0, 0.1) is 15.9 Å². The van der Waals surface area contributed by atoms with Gasteiger partial charge in [0.2, 0.25) is 0 Å². The molecule has 1 fully saturated rings. The van der Waals surface area contributed by atoms with Gasteiger partial charge in [-0.05, 0) is 38.1 Å². The van der Waals surface area contributed by atoms with Crippen LogP contribution in [0.25, 0.3) is 0 Å². The summed E-state index contributed by atoms with van der Waals surface area (Å²) in [7, 11) is 0. The fraction of sp³-hybridized carbons (Fsp3) is 0.600. The summed E-state index contributed by atoms with van der Waals surface area (Å²) in [6, 6.07) is 4.63. The Morgan fingerprint density at radius 2 is 2.10 bits per heavy atom. The first-order valence-corrected chi connectivity index (χ1v) is 7.37. The van der Waals surface area contributed by atoms with Crippen LogP contribution in [0.2, 0.25) is 0 Å². The third kappa shape index (κ3) is 4.47. The summed E-state index contributed by atoms with van der Waals surface area (Å²) in [6.45, 7) is 6.43. The van der Waals surface area contributed by atoms with Crippen LogP contribution >= 0.6 is 0 Å². The van der Waals surface area contributed by atoms with Crippen LogP contribution in [-0.2, 0) is 6.54 Å². The highest BCUT2D eigenvalue weighted by Crippen LogP contribution is 2.23. The van der Waals surface area contributed by atoms with Crippen LogP contribution in [0.3, 0.4) is 0 Å². The molecule has 0 aliphatic carbocycles. The van der Waals surface area contributed by atoms with Gasteiger partial charge in [-0.15, -0.1) is 0 Å². The second kappa shape index (κ2) is 6.95. The molecule has 1 aromatic carbocycles. The van der Waals surface area contributed by atoms with E-state index in [4.69, 9.17) is 0 Å². The van der Waals surface area contributed by atoms with Crippen LogP contribution in [0.5, 0.6) is 0 Å². The fourth-order valence-corrected chi connectivity index (χ4v) is 2.83. The molecule has 21 heavy (non-hydrogen) atoms. The molecule has 0 saturated carbocycles. The standard InChI is InChI=1S/C15H22FN3O2/c1-11(2)17-14-5-7-18(8-6-14)10-12-9-13(16)3-4-15(12)19(20)21/h3-4,9,11,14,17H,5-8,10H2,1-2H3. The van der Waals surface area contributed by atoms with Gasteiger partial charge in [-0.1, -0.05) is 13.8 Å². The molecule has 1 N–H and O–H groups in total. The number of rotatable bonds is 5. The number of benzene rings is 1. The molecule has 1 aliphatic rings. The first kappa shape index (κ1) is 15.9. The van der Waals surface area contributed by atoms with Crippen molar-refractivity contribution in [1.29, 1.82) is 0 Å². The number of nitro groups is 1. The Morgan fingerprint density at radius 1 is 1.43 bits per heavy atom. The molecule has 6 heteroatoms. The van der Waals surface area contributed by atoms with Crippen molar-refractivity contribution in [3.8, 4) is 0 Å². The van der Waals surface area contributed by atoms with Crippen molar-refractivity contribution in [2.24, 2.45) is 0 Å². The van der Waals surface area contributed by atoms with Crippen LogP contribution in [-0.4, -0.2) is 35.0 Å². The molecule has 0 unspecified atom stereocenters. The highest BCUT2D eigenvalue weighted by molar-refractivity contribution is 5.40. The second-order valence-corrected chi connectivity index (χ2v) is 5.90. The number of hydrogen-bond acceptors (Lipinski definition) is 4. The maximum Gasteiger partial charge on any atom is 0.274 e. The van der Waals surface area contributed by atoms with Gasteiger partial charge in [0.1, 0.15) is 5.82 Å². The van der Waals surface area contributed by atoms with Gasteiger partial charge in [-0.25, -0.2) is 4.39 Å². The van der Waals surface area contributed by atoms with E-state index in [1.165, 1.54) is 12.1 Å². The van der Waals surface area contributed by atoms with Crippen molar-refractivity contribution in [2.45, 2.75) is 45.3 Å². The maximum atomic E-state index is 13.3. The summed E-state index contributed by atoms with van der Waals surface area (Å²) >= 11 is 0. The smallest absolute Gasteiger partial charge is 0.274 e. The van der Waals surface area contributed by atoms with Gasteiger partial charge >= 0.3 is 0 Å². The Bertz CT molecular complexity index is 500. The average molecular weight is 295 g/mol. The Hall–Kier alpha value is -1.53. The van der Waals surface area contributed by atoms with E-state index in [0.29, 0.717) is 24.2 Å². The van der Waals surface area contributed by atoms with E-state index >= 15 is 0 Å². The second-order valence-electron chi connectivity index (χ2n) is 5.90. The number of hydrogen-bond donors (Lipinski definition) is 1. The van der Waals surface area contributed by atoms with Gasteiger partial charge in [0.15, 0.2) is 0 Å². The van der Waals surface area contributed by atoms with Crippen molar-refractivity contribution >= 4 is 5.69 Å². The van der Waals surface area contributed by atoms with E-state index in [0.717, 1.165) is 32.0 Å². The highest BCUT2D eigenvalue weighted by atomic mass is 19.1. The molecular formula is C15H22FN3O2. The van der Waals surface area contributed by atoms with Gasteiger partial charge in [-0.3, -0.25) is 15.0 Å². The third-order valence-corrected chi connectivity index (χ3v) is 3.79. The molecule has 116 valence electrons. The highest BCUT2D eigenvalue weighted by Gasteiger charge is 2.22. The molecule has 1 aliphatic heterocycles. The van der Waals surface area contributed by atoms with Crippen LogP contribution in [0.15, 0.2) is 18.2 Å². The maximum absolute atomic E-state index is 13.3. The van der Waals surface area contributed by atoms with Gasteiger partial charge < -0.3 is 5.32 Å². The summed E-state index contributed by atoms with van der Waals surface area (Å²) in [5, 5.41) is 14.5. The topological polar surface area (TPSA) is 58.4 Å². The number of halogens is 1. The quantitative estimate of drug-likeness (QED) is 0.670. The SMILES string of the molecule is CC(C)NC1CCN(Cc2cc(F)ccc2[N+](=O)[O-])CC1. The van der Waals surface area contributed by atoms with Gasteiger partial charge in [-0.2, -0.15) is 0 Å². The minimum Gasteiger partial charge on any atom is -0.312 e. The normalized spacial score (nSPS) is 17.3. The van der Waals surface area contributed by atoms with Crippen LogP contribution in [0.1, 0.15) is 32.3 Å². The molecule has 0 spiro atoms. The van der Waals surface area contributed by atoms with Crippen molar-refractivity contribution in [2.75, 3.05) is 13.1 Å². The molecule has 1 heterocycles. The molecule has 0 amide bonds. The summed E-state index contributed by atoms with van der Waals surface area (Å²) in [6.07, 6.45) is 2.03. The average Bonchev–Trinajstić information content (AvgIpc) is 2.40. The Kier molecular flexibility index (Phi) is 5.25. The van der Waals surface area contributed by atoms with Gasteiger partial charge in [0.25, 0.3) is 5.69 Å². The predicted molar refractivity (Wildman–Crippen MR) is 79.6 cm³/mol. The van der Waals surface area contributed by atoms with E-state index in [-0.39, 0.29) is 5.69 Å². The van der Waals surface area contributed by atoms with Crippen molar-refractivity contribution in [3.63, 3.8) is 0 Å². The molecular weight excluding hydrogens is 273 g/mol. The van der Waals surface area contributed by atoms with E-state index in [1.807, 2.05) is 0 Å². The number of nitro benzene ring substituents is 1. The first-order valence-electron chi connectivity index (χ1n) is 7.37. The van der Waals surface area contributed by atoms with E-state index < -0.39 is 10.7 Å². The number of piperidine rings is 1. The Labute approximate surface area is 124 Å². The summed E-state index contributed by atoms with van der Waals surface area (Å²) in [5.74, 6) is -0.424. The lowest BCUT2D eigenvalue weighted by Gasteiger charge is -2.33. The minimum absolute atomic E-state index is 0.00108. The first-order chi connectivity index (χ1) is 9.95. The predicted octanol–water partition coefficient (Wildman–Crippen LogP) is 2.70. The Balaban J connectivity index is 1.97.